The van der Waals surface area contributed by atoms with Gasteiger partial charge in [0.2, 0.25) is 0 Å². The van der Waals surface area contributed by atoms with Crippen LogP contribution in [0.5, 0.6) is 0 Å². The molecule has 11 heavy (non-hydrogen) atoms. The number of benzene rings is 1. The maximum absolute atomic E-state index is 10.3. The fourth-order valence-corrected chi connectivity index (χ4v) is 0.526. The molecule has 0 amide bonds. The zero-order valence-electron chi connectivity index (χ0n) is 7.66. The summed E-state index contributed by atoms with van der Waals surface area (Å²) in [5.41, 5.74) is 0.0440. The maximum atomic E-state index is 10.3. The van der Waals surface area contributed by atoms with Crippen molar-refractivity contribution in [3.8, 4) is 0 Å². The first-order valence-corrected chi connectivity index (χ1v) is 3.51. The van der Waals surface area contributed by atoms with Gasteiger partial charge in [-0.15, -0.1) is 0 Å². The van der Waals surface area contributed by atoms with Gasteiger partial charge in [-0.2, -0.15) is 0 Å². The summed E-state index contributed by atoms with van der Waals surface area (Å²) in [6, 6.07) is 6.14. The van der Waals surface area contributed by atoms with Gasteiger partial charge in [-0.25, -0.2) is 4.79 Å². The van der Waals surface area contributed by atoms with Gasteiger partial charge in [-0.1, -0.05) is 32.0 Å². The molecule has 2 heteroatoms. The highest BCUT2D eigenvalue weighted by Gasteiger charge is 1.96. The molecule has 0 aliphatic rings. The Hall–Kier alpha value is -1.31. The fraction of sp³-hybridized carbons (Fsp3) is 0.222. The predicted molar refractivity (Wildman–Crippen MR) is 44.7 cm³/mol. The SMILES string of the molecule is CC.[3H]c1ccccc1C(=O)O. The molecule has 0 spiro atoms. The third-order valence-electron chi connectivity index (χ3n) is 0.939. The van der Waals surface area contributed by atoms with Crippen LogP contribution >= 0.6 is 0 Å². The van der Waals surface area contributed by atoms with Gasteiger partial charge in [-0.05, 0) is 12.1 Å². The molecule has 0 bridgehead atoms. The summed E-state index contributed by atoms with van der Waals surface area (Å²) >= 11 is 0. The average molecular weight is 154 g/mol. The Balaban J connectivity index is 0.000000561. The molecule has 0 unspecified atom stereocenters. The van der Waals surface area contributed by atoms with Crippen LogP contribution in [0.3, 0.4) is 0 Å². The lowest BCUT2D eigenvalue weighted by atomic mass is 10.2. The van der Waals surface area contributed by atoms with Gasteiger partial charge in [0.05, 0.1) is 6.93 Å². The van der Waals surface area contributed by atoms with Crippen LogP contribution in [0, 0.1) is 0 Å². The molecule has 1 aromatic carbocycles. The van der Waals surface area contributed by atoms with Gasteiger partial charge in [-0.3, -0.25) is 0 Å². The predicted octanol–water partition coefficient (Wildman–Crippen LogP) is 2.41. The monoisotopic (exact) mass is 154 g/mol. The molecule has 1 N–H and O–H groups in total. The summed E-state index contributed by atoms with van der Waals surface area (Å²) in [4.78, 5) is 10.3. The minimum Gasteiger partial charge on any atom is -0.478 e. The molecule has 0 aliphatic carbocycles. The molecular weight excluding hydrogens is 140 g/mol. The summed E-state index contributed by atoms with van der Waals surface area (Å²) in [7, 11) is 0. The molecule has 1 rings (SSSR count). The molecule has 60 valence electrons. The summed E-state index contributed by atoms with van der Waals surface area (Å²) in [5.74, 6) is -1.05. The second kappa shape index (κ2) is 5.47. The Bertz CT molecular complexity index is 258. The fourth-order valence-electron chi connectivity index (χ4n) is 0.526. The summed E-state index contributed by atoms with van der Waals surface area (Å²) in [5, 5.41) is 8.45. The van der Waals surface area contributed by atoms with Crippen LogP contribution in [0.1, 0.15) is 25.6 Å². The van der Waals surface area contributed by atoms with Gasteiger partial charge >= 0.3 is 5.97 Å². The highest BCUT2D eigenvalue weighted by atomic mass is 16.4. The quantitative estimate of drug-likeness (QED) is 0.674. The standard InChI is InChI=1S/C7H6O2.C2H6/c8-7(9)6-4-2-1-3-5-6;1-2/h1-5H,(H,8,9);1-2H3/i4T;. The van der Waals surface area contributed by atoms with Crippen LogP contribution < -0.4 is 0 Å². The van der Waals surface area contributed by atoms with Gasteiger partial charge in [0.15, 0.2) is 0 Å². The van der Waals surface area contributed by atoms with E-state index in [-0.39, 0.29) is 11.6 Å². The molecule has 0 heterocycles. The molecule has 0 aromatic heterocycles. The van der Waals surface area contributed by atoms with E-state index in [1.807, 2.05) is 13.8 Å². The van der Waals surface area contributed by atoms with E-state index in [4.69, 9.17) is 6.48 Å². The second-order valence-electron chi connectivity index (χ2n) is 1.58. The number of carbonyl (C=O) groups is 1. The van der Waals surface area contributed by atoms with Gasteiger partial charge in [0.1, 0.15) is 0 Å². The van der Waals surface area contributed by atoms with Gasteiger partial charge < -0.3 is 5.11 Å². The van der Waals surface area contributed by atoms with E-state index >= 15 is 0 Å². The minimum absolute atomic E-state index is 0.0440. The number of rotatable bonds is 1. The minimum atomic E-state index is -1.05. The number of carboxylic acids is 1. The molecule has 2 nitrogen and oxygen atoms in total. The van der Waals surface area contributed by atoms with Crippen molar-refractivity contribution >= 4 is 5.97 Å². The van der Waals surface area contributed by atoms with E-state index in [2.05, 4.69) is 0 Å². The number of carboxylic acid groups (broad SMARTS) is 1. The lowest BCUT2D eigenvalue weighted by molar-refractivity contribution is 0.0697. The number of hydrogen-bond acceptors (Lipinski definition) is 1. The van der Waals surface area contributed by atoms with E-state index in [0.29, 0.717) is 0 Å². The molecule has 0 radical (unpaired) electrons. The first-order valence-electron chi connectivity index (χ1n) is 4.01. The smallest absolute Gasteiger partial charge is 0.335 e. The van der Waals surface area contributed by atoms with E-state index in [1.54, 1.807) is 12.1 Å². The Kier molecular flexibility index (Phi) is 3.88. The molecule has 0 saturated heterocycles. The molecular formula is C9H12O2. The van der Waals surface area contributed by atoms with Crippen molar-refractivity contribution < 1.29 is 11.3 Å². The van der Waals surface area contributed by atoms with Crippen molar-refractivity contribution in [3.05, 3.63) is 35.9 Å². The van der Waals surface area contributed by atoms with E-state index < -0.39 is 5.97 Å². The molecule has 0 aliphatic heterocycles. The van der Waals surface area contributed by atoms with Crippen LogP contribution in [0.2, 0.25) is 0 Å². The summed E-state index contributed by atoms with van der Waals surface area (Å²) in [6.45, 7) is 4.00. The van der Waals surface area contributed by atoms with Crippen LogP contribution in [0.4, 0.5) is 0 Å². The summed E-state index contributed by atoms with van der Waals surface area (Å²) < 4.78 is 7.12. The topological polar surface area (TPSA) is 37.3 Å². The second-order valence-corrected chi connectivity index (χ2v) is 1.58. The highest BCUT2D eigenvalue weighted by molar-refractivity contribution is 5.87. The Labute approximate surface area is 67.9 Å². The van der Waals surface area contributed by atoms with E-state index in [1.165, 1.54) is 12.1 Å². The lowest BCUT2D eigenvalue weighted by Crippen LogP contribution is -1.93. The van der Waals surface area contributed by atoms with Crippen LogP contribution in [0.25, 0.3) is 0 Å². The molecule has 0 saturated carbocycles. The molecule has 1 aromatic rings. The van der Waals surface area contributed by atoms with Crippen LogP contribution in [-0.4, -0.2) is 11.1 Å². The first kappa shape index (κ1) is 7.79. The van der Waals surface area contributed by atoms with Gasteiger partial charge in [0.25, 0.3) is 0 Å². The Morgan fingerprint density at radius 3 is 2.45 bits per heavy atom. The zero-order chi connectivity index (χ0) is 9.56. The van der Waals surface area contributed by atoms with Crippen molar-refractivity contribution in [2.75, 3.05) is 0 Å². The van der Waals surface area contributed by atoms with Gasteiger partial charge in [0, 0.05) is 0 Å². The summed E-state index contributed by atoms with van der Waals surface area (Å²) in [6.07, 6.45) is 0. The lowest BCUT2D eigenvalue weighted by Gasteiger charge is -1.88. The number of aromatic carboxylic acids is 1. The van der Waals surface area contributed by atoms with E-state index in [0.717, 1.165) is 0 Å². The third-order valence-corrected chi connectivity index (χ3v) is 0.939. The Morgan fingerprint density at radius 2 is 2.09 bits per heavy atom. The first-order chi connectivity index (χ1) is 5.72. The van der Waals surface area contributed by atoms with E-state index in [9.17, 15) is 4.79 Å². The van der Waals surface area contributed by atoms with Crippen molar-refractivity contribution in [2.45, 2.75) is 13.8 Å². The average Bonchev–Trinajstić information content (AvgIpc) is 2.08. The van der Waals surface area contributed by atoms with Crippen molar-refractivity contribution in [2.24, 2.45) is 0 Å². The maximum Gasteiger partial charge on any atom is 0.335 e. The zero-order valence-corrected chi connectivity index (χ0v) is 6.66. The molecule has 0 atom stereocenters. The third kappa shape index (κ3) is 3.40. The Morgan fingerprint density at radius 1 is 1.45 bits per heavy atom. The highest BCUT2D eigenvalue weighted by Crippen LogP contribution is 1.96. The van der Waals surface area contributed by atoms with Crippen LogP contribution in [-0.2, 0) is 0 Å². The van der Waals surface area contributed by atoms with Crippen molar-refractivity contribution in [3.63, 3.8) is 0 Å². The normalized spacial score (nSPS) is 9.09. The van der Waals surface area contributed by atoms with Crippen molar-refractivity contribution in [1.82, 2.24) is 0 Å². The molecule has 0 fully saturated rings. The number of hydrogen-bond donors (Lipinski definition) is 1. The van der Waals surface area contributed by atoms with Crippen LogP contribution in [0.15, 0.2) is 30.3 Å². The van der Waals surface area contributed by atoms with Crippen molar-refractivity contribution in [1.29, 1.82) is 0 Å². The largest absolute Gasteiger partial charge is 0.478 e.